The molecule has 0 unspecified atom stereocenters. The van der Waals surface area contributed by atoms with Crippen LogP contribution in [0.1, 0.15) is 15.9 Å². The lowest BCUT2D eigenvalue weighted by Crippen LogP contribution is -2.36. The molecule has 33 heavy (non-hydrogen) atoms. The van der Waals surface area contributed by atoms with E-state index in [1.54, 1.807) is 42.6 Å². The molecule has 1 aliphatic heterocycles. The van der Waals surface area contributed by atoms with Gasteiger partial charge in [-0.05, 0) is 42.1 Å². The van der Waals surface area contributed by atoms with E-state index in [1.165, 1.54) is 24.3 Å². The number of anilines is 2. The van der Waals surface area contributed by atoms with Gasteiger partial charge < -0.3 is 10.6 Å². The van der Waals surface area contributed by atoms with Gasteiger partial charge in [-0.1, -0.05) is 30.3 Å². The Morgan fingerprint density at radius 2 is 1.73 bits per heavy atom. The van der Waals surface area contributed by atoms with Gasteiger partial charge in [0.2, 0.25) is 5.91 Å². The van der Waals surface area contributed by atoms with Crippen molar-refractivity contribution < 1.29 is 31.2 Å². The number of carbonyl (C=O) groups is 2. The summed E-state index contributed by atoms with van der Waals surface area (Å²) in [7, 11) is -3.94. The van der Waals surface area contributed by atoms with E-state index >= 15 is 0 Å². The third kappa shape index (κ3) is 4.36. The molecule has 0 bridgehead atoms. The van der Waals surface area contributed by atoms with E-state index in [4.69, 9.17) is 0 Å². The van der Waals surface area contributed by atoms with E-state index in [9.17, 15) is 31.2 Å². The first-order chi connectivity index (χ1) is 15.5. The second-order valence-corrected chi connectivity index (χ2v) is 9.35. The number of amides is 2. The van der Waals surface area contributed by atoms with Gasteiger partial charge in [0.25, 0.3) is 15.9 Å². The number of halogens is 3. The van der Waals surface area contributed by atoms with E-state index in [0.717, 1.165) is 9.69 Å². The van der Waals surface area contributed by atoms with Gasteiger partial charge in [-0.2, -0.15) is 13.2 Å². The van der Waals surface area contributed by atoms with Crippen LogP contribution in [0.2, 0.25) is 0 Å². The molecule has 1 heterocycles. The van der Waals surface area contributed by atoms with E-state index < -0.39 is 41.1 Å². The number of hydrogen-bond donors (Lipinski definition) is 2. The Kier molecular flexibility index (Phi) is 5.52. The highest BCUT2D eigenvalue weighted by Gasteiger charge is 2.36. The molecule has 4 rings (SSSR count). The lowest BCUT2D eigenvalue weighted by atomic mass is 10.1. The second kappa shape index (κ2) is 8.07. The summed E-state index contributed by atoms with van der Waals surface area (Å²) < 4.78 is 64.1. The van der Waals surface area contributed by atoms with Gasteiger partial charge in [0, 0.05) is 16.6 Å². The van der Waals surface area contributed by atoms with Gasteiger partial charge in [-0.25, -0.2) is 8.42 Å². The summed E-state index contributed by atoms with van der Waals surface area (Å²) in [6.45, 7) is -0.364. The summed E-state index contributed by atoms with van der Waals surface area (Å²) in [5.41, 5.74) is 1.04. The van der Waals surface area contributed by atoms with Crippen molar-refractivity contribution in [2.75, 3.05) is 22.7 Å². The lowest BCUT2D eigenvalue weighted by molar-refractivity contribution is -0.123. The predicted molar refractivity (Wildman–Crippen MR) is 117 cm³/mol. The molecule has 0 aliphatic carbocycles. The average Bonchev–Trinajstić information content (AvgIpc) is 2.96. The van der Waals surface area contributed by atoms with E-state index in [2.05, 4.69) is 5.32 Å². The molecule has 0 aromatic heterocycles. The Morgan fingerprint density at radius 3 is 2.42 bits per heavy atom. The van der Waals surface area contributed by atoms with Crippen molar-refractivity contribution in [2.45, 2.75) is 18.0 Å². The Balaban J connectivity index is 1.54. The normalized spacial score (nSPS) is 14.4. The maximum Gasteiger partial charge on any atom is 0.405 e. The van der Waals surface area contributed by atoms with Crippen LogP contribution in [0.3, 0.4) is 0 Å². The topological polar surface area (TPSA) is 95.6 Å². The van der Waals surface area contributed by atoms with Gasteiger partial charge >= 0.3 is 6.18 Å². The first-order valence-electron chi connectivity index (χ1n) is 9.77. The average molecular weight is 477 g/mol. The van der Waals surface area contributed by atoms with Crippen molar-refractivity contribution in [2.24, 2.45) is 0 Å². The number of alkyl halides is 3. The largest absolute Gasteiger partial charge is 0.405 e. The fourth-order valence-electron chi connectivity index (χ4n) is 3.63. The van der Waals surface area contributed by atoms with Crippen LogP contribution in [-0.4, -0.2) is 39.5 Å². The summed E-state index contributed by atoms with van der Waals surface area (Å²) in [5.74, 6) is -1.62. The maximum atomic E-state index is 13.0. The number of rotatable bonds is 5. The first kappa shape index (κ1) is 22.6. The molecule has 11 heteroatoms. The zero-order valence-corrected chi connectivity index (χ0v) is 18.0. The highest BCUT2D eigenvalue weighted by molar-refractivity contribution is 7.93. The molecule has 2 N–H and O–H groups in total. The number of carbonyl (C=O) groups excluding carboxylic acids is 2. The van der Waals surface area contributed by atoms with Crippen LogP contribution >= 0.6 is 0 Å². The summed E-state index contributed by atoms with van der Waals surface area (Å²) in [6.07, 6.45) is -4.56. The standard InChI is InChI=1S/C22H18F3N3O4S/c1-13-8-9-15(21(30)26-12-22(23,24)25)10-16(13)27-19(29)11-28-17-6-2-4-14-5-3-7-18(20(14)17)33(28,31)32/h2-10H,11-12H2,1H3,(H,26,30)(H,27,29). The fourth-order valence-corrected chi connectivity index (χ4v) is 5.30. The van der Waals surface area contributed by atoms with Crippen LogP contribution < -0.4 is 14.9 Å². The summed E-state index contributed by atoms with van der Waals surface area (Å²) in [6, 6.07) is 14.0. The van der Waals surface area contributed by atoms with Gasteiger partial charge in [-0.3, -0.25) is 13.9 Å². The smallest absolute Gasteiger partial charge is 0.343 e. The molecule has 0 saturated heterocycles. The highest BCUT2D eigenvalue weighted by Crippen LogP contribution is 2.41. The minimum absolute atomic E-state index is 0.0777. The van der Waals surface area contributed by atoms with Gasteiger partial charge in [0.05, 0.1) is 10.6 Å². The summed E-state index contributed by atoms with van der Waals surface area (Å²) in [5, 5.41) is 5.58. The molecule has 0 saturated carbocycles. The van der Waals surface area contributed by atoms with Crippen molar-refractivity contribution in [3.8, 4) is 0 Å². The van der Waals surface area contributed by atoms with Gasteiger partial charge in [0.15, 0.2) is 0 Å². The lowest BCUT2D eigenvalue weighted by Gasteiger charge is -2.19. The number of sulfonamides is 1. The Bertz CT molecular complexity index is 1380. The van der Waals surface area contributed by atoms with Crippen molar-refractivity contribution in [1.29, 1.82) is 0 Å². The van der Waals surface area contributed by atoms with Crippen LogP contribution in [0, 0.1) is 6.92 Å². The van der Waals surface area contributed by atoms with Gasteiger partial charge in [-0.15, -0.1) is 0 Å². The molecular formula is C22H18F3N3O4S. The highest BCUT2D eigenvalue weighted by atomic mass is 32.2. The van der Waals surface area contributed by atoms with Crippen LogP contribution in [0.5, 0.6) is 0 Å². The first-order valence-corrected chi connectivity index (χ1v) is 11.2. The maximum absolute atomic E-state index is 13.0. The molecule has 2 amide bonds. The zero-order valence-electron chi connectivity index (χ0n) is 17.2. The number of hydrogen-bond acceptors (Lipinski definition) is 4. The van der Waals surface area contributed by atoms with Crippen LogP contribution in [0.15, 0.2) is 59.5 Å². The molecule has 1 aliphatic rings. The quantitative estimate of drug-likeness (QED) is 0.587. The second-order valence-electron chi connectivity index (χ2n) is 7.52. The molecule has 0 fully saturated rings. The molecule has 0 radical (unpaired) electrons. The van der Waals surface area contributed by atoms with Crippen molar-refractivity contribution in [3.63, 3.8) is 0 Å². The van der Waals surface area contributed by atoms with Crippen molar-refractivity contribution in [1.82, 2.24) is 5.32 Å². The van der Waals surface area contributed by atoms with E-state index in [0.29, 0.717) is 16.6 Å². The minimum atomic E-state index is -4.56. The van der Waals surface area contributed by atoms with Gasteiger partial charge in [0.1, 0.15) is 13.1 Å². The molecule has 7 nitrogen and oxygen atoms in total. The summed E-state index contributed by atoms with van der Waals surface area (Å²) in [4.78, 5) is 24.9. The number of benzene rings is 3. The van der Waals surface area contributed by atoms with Crippen LogP contribution in [0.4, 0.5) is 24.5 Å². The predicted octanol–water partition coefficient (Wildman–Crippen LogP) is 3.59. The van der Waals surface area contributed by atoms with Crippen LogP contribution in [-0.2, 0) is 14.8 Å². The molecule has 0 atom stereocenters. The zero-order chi connectivity index (χ0) is 24.0. The number of aryl methyl sites for hydroxylation is 1. The van der Waals surface area contributed by atoms with E-state index in [-0.39, 0.29) is 16.1 Å². The molecule has 172 valence electrons. The third-order valence-electron chi connectivity index (χ3n) is 5.19. The van der Waals surface area contributed by atoms with Crippen LogP contribution in [0.25, 0.3) is 10.8 Å². The Morgan fingerprint density at radius 1 is 1.03 bits per heavy atom. The Labute approximate surface area is 187 Å². The molecular weight excluding hydrogens is 459 g/mol. The van der Waals surface area contributed by atoms with E-state index in [1.807, 2.05) is 0 Å². The molecule has 0 spiro atoms. The fraction of sp³-hybridized carbons (Fsp3) is 0.182. The Hall–Kier alpha value is -3.60. The SMILES string of the molecule is Cc1ccc(C(=O)NCC(F)(F)F)cc1NC(=O)CN1c2cccc3cccc(c23)S1(=O)=O. The van der Waals surface area contributed by atoms with Crippen molar-refractivity contribution in [3.05, 3.63) is 65.7 Å². The third-order valence-corrected chi connectivity index (χ3v) is 6.99. The summed E-state index contributed by atoms with van der Waals surface area (Å²) >= 11 is 0. The van der Waals surface area contributed by atoms with Crippen molar-refractivity contribution >= 4 is 44.0 Å². The number of nitrogens with zero attached hydrogens (tertiary/aromatic N) is 1. The number of nitrogens with one attached hydrogen (secondary N) is 2. The minimum Gasteiger partial charge on any atom is -0.343 e. The monoisotopic (exact) mass is 477 g/mol. The molecule has 3 aromatic carbocycles. The molecule has 3 aromatic rings.